The number of pyridine rings is 1. The van der Waals surface area contributed by atoms with Crippen molar-refractivity contribution in [1.29, 1.82) is 0 Å². The van der Waals surface area contributed by atoms with Gasteiger partial charge < -0.3 is 10.1 Å². The number of hydrogen-bond acceptors (Lipinski definition) is 4. The molecule has 0 bridgehead atoms. The normalized spacial score (nSPS) is 13.4. The highest BCUT2D eigenvalue weighted by Crippen LogP contribution is 2.13. The van der Waals surface area contributed by atoms with E-state index in [-0.39, 0.29) is 22.3 Å². The van der Waals surface area contributed by atoms with E-state index in [1.165, 1.54) is 0 Å². The predicted molar refractivity (Wildman–Crippen MR) is 73.3 cm³/mol. The van der Waals surface area contributed by atoms with Crippen LogP contribution in [0.2, 0.25) is 5.02 Å². The number of aliphatic carboxylic acids is 1. The van der Waals surface area contributed by atoms with Gasteiger partial charge in [-0.2, -0.15) is 4.72 Å². The van der Waals surface area contributed by atoms with E-state index >= 15 is 0 Å². The molecule has 1 heterocycles. The Kier molecular flexibility index (Phi) is 5.32. The average Bonchev–Trinajstić information content (AvgIpc) is 2.30. The van der Waals surface area contributed by atoms with E-state index < -0.39 is 27.6 Å². The third-order valence-corrected chi connectivity index (χ3v) is 4.18. The highest BCUT2D eigenvalue weighted by Gasteiger charge is 2.26. The first kappa shape index (κ1) is 16.7. The summed E-state index contributed by atoms with van der Waals surface area (Å²) in [5.74, 6) is -1.27. The molecule has 1 unspecified atom stereocenters. The van der Waals surface area contributed by atoms with Gasteiger partial charge in [0.1, 0.15) is 11.1 Å². The summed E-state index contributed by atoms with van der Waals surface area (Å²) in [4.78, 5) is 24.0. The van der Waals surface area contributed by atoms with Gasteiger partial charge in [0.25, 0.3) is 5.56 Å². The first-order valence-electron chi connectivity index (χ1n) is 5.77. The molecule has 0 spiro atoms. The fourth-order valence-corrected chi connectivity index (χ4v) is 2.95. The minimum Gasteiger partial charge on any atom is -0.480 e. The molecule has 0 aromatic carbocycles. The molecule has 0 saturated carbocycles. The lowest BCUT2D eigenvalue weighted by molar-refractivity contribution is -0.139. The number of sulfonamides is 1. The van der Waals surface area contributed by atoms with Gasteiger partial charge in [-0.25, -0.2) is 8.42 Å². The lowest BCUT2D eigenvalue weighted by atomic mass is 10.1. The smallest absolute Gasteiger partial charge is 0.321 e. The van der Waals surface area contributed by atoms with Crippen molar-refractivity contribution in [3.05, 3.63) is 27.6 Å². The summed E-state index contributed by atoms with van der Waals surface area (Å²) >= 11 is 5.55. The maximum absolute atomic E-state index is 12.0. The molecule has 1 rings (SSSR count). The van der Waals surface area contributed by atoms with Gasteiger partial charge in [-0.3, -0.25) is 9.59 Å². The minimum atomic E-state index is -4.07. The molecule has 0 aliphatic heterocycles. The summed E-state index contributed by atoms with van der Waals surface area (Å²) in [7, 11) is -4.07. The van der Waals surface area contributed by atoms with Crippen molar-refractivity contribution >= 4 is 27.6 Å². The van der Waals surface area contributed by atoms with Crippen molar-refractivity contribution in [2.75, 3.05) is 0 Å². The van der Waals surface area contributed by atoms with Crippen LogP contribution in [0.5, 0.6) is 0 Å². The quantitative estimate of drug-likeness (QED) is 0.716. The summed E-state index contributed by atoms with van der Waals surface area (Å²) in [5.41, 5.74) is -0.623. The number of carboxylic acids is 1. The lowest BCUT2D eigenvalue weighted by Gasteiger charge is -2.16. The third-order valence-electron chi connectivity index (χ3n) is 2.44. The topological polar surface area (TPSA) is 116 Å². The van der Waals surface area contributed by atoms with E-state index in [0.717, 1.165) is 12.3 Å². The first-order chi connectivity index (χ1) is 9.13. The van der Waals surface area contributed by atoms with E-state index in [1.54, 1.807) is 13.8 Å². The Morgan fingerprint density at radius 2 is 2.10 bits per heavy atom. The third kappa shape index (κ3) is 4.32. The predicted octanol–water partition coefficient (Wildman–Crippen LogP) is 0.806. The van der Waals surface area contributed by atoms with E-state index in [9.17, 15) is 18.0 Å². The van der Waals surface area contributed by atoms with Crippen molar-refractivity contribution in [1.82, 2.24) is 9.71 Å². The number of rotatable bonds is 6. The molecule has 3 N–H and O–H groups in total. The summed E-state index contributed by atoms with van der Waals surface area (Å²) in [6.45, 7) is 3.56. The van der Waals surface area contributed by atoms with Crippen LogP contribution in [-0.4, -0.2) is 30.5 Å². The van der Waals surface area contributed by atoms with Gasteiger partial charge in [-0.1, -0.05) is 25.4 Å². The summed E-state index contributed by atoms with van der Waals surface area (Å²) in [6, 6.07) is -0.275. The Balaban J connectivity index is 3.06. The largest absolute Gasteiger partial charge is 0.480 e. The summed E-state index contributed by atoms with van der Waals surface area (Å²) in [5, 5.41) is 8.73. The van der Waals surface area contributed by atoms with E-state index in [0.29, 0.717) is 0 Å². The lowest BCUT2D eigenvalue weighted by Crippen LogP contribution is -2.41. The molecule has 0 aliphatic carbocycles. The molecule has 112 valence electrons. The van der Waals surface area contributed by atoms with Crippen molar-refractivity contribution in [3.63, 3.8) is 0 Å². The fraction of sp³-hybridized carbons (Fsp3) is 0.455. The molecule has 1 aromatic rings. The molecule has 7 nitrogen and oxygen atoms in total. The standard InChI is InChI=1S/C11H15ClN2O5S/c1-6(2)3-9(11(16)17)14-20(18,19)7-4-8(12)10(15)13-5-7/h4-6,9,14H,3H2,1-2H3,(H,13,15)(H,16,17). The molecule has 0 radical (unpaired) electrons. The first-order valence-corrected chi connectivity index (χ1v) is 7.63. The summed E-state index contributed by atoms with van der Waals surface area (Å²) < 4.78 is 26.2. The van der Waals surface area contributed by atoms with Gasteiger partial charge in [0.15, 0.2) is 0 Å². The number of aromatic amines is 1. The number of hydrogen-bond donors (Lipinski definition) is 3. The molecule has 0 amide bonds. The minimum absolute atomic E-state index is 0.00188. The molecule has 0 aliphatic rings. The highest BCUT2D eigenvalue weighted by atomic mass is 35.5. The zero-order valence-corrected chi connectivity index (χ0v) is 12.5. The number of H-pyrrole nitrogens is 1. The molecular weight excluding hydrogens is 308 g/mol. The second-order valence-corrected chi connectivity index (χ2v) is 6.78. The monoisotopic (exact) mass is 322 g/mol. The SMILES string of the molecule is CC(C)CC(NS(=O)(=O)c1c[nH]c(=O)c(Cl)c1)C(=O)O. The van der Waals surface area contributed by atoms with E-state index in [4.69, 9.17) is 16.7 Å². The van der Waals surface area contributed by atoms with Gasteiger partial charge in [0.05, 0.1) is 4.90 Å². The maximum atomic E-state index is 12.0. The van der Waals surface area contributed by atoms with Crippen molar-refractivity contribution < 1.29 is 18.3 Å². The molecule has 1 aromatic heterocycles. The highest BCUT2D eigenvalue weighted by molar-refractivity contribution is 7.89. The average molecular weight is 323 g/mol. The Morgan fingerprint density at radius 1 is 1.50 bits per heavy atom. The molecule has 9 heteroatoms. The zero-order chi connectivity index (χ0) is 15.5. The van der Waals surface area contributed by atoms with Crippen LogP contribution in [0.4, 0.5) is 0 Å². The van der Waals surface area contributed by atoms with E-state index in [2.05, 4.69) is 9.71 Å². The maximum Gasteiger partial charge on any atom is 0.321 e. The second-order valence-electron chi connectivity index (χ2n) is 4.65. The molecule has 0 saturated heterocycles. The Labute approximate surface area is 121 Å². The number of carbonyl (C=O) groups is 1. The molecular formula is C11H15ClN2O5S. The Bertz CT molecular complexity index is 653. The van der Waals surface area contributed by atoms with Gasteiger partial charge in [0, 0.05) is 6.20 Å². The van der Waals surface area contributed by atoms with Gasteiger partial charge in [0.2, 0.25) is 10.0 Å². The van der Waals surface area contributed by atoms with Crippen LogP contribution >= 0.6 is 11.6 Å². The van der Waals surface area contributed by atoms with Crippen LogP contribution in [0.15, 0.2) is 22.0 Å². The number of aromatic nitrogens is 1. The fourth-order valence-electron chi connectivity index (χ4n) is 1.52. The molecule has 1 atom stereocenters. The van der Waals surface area contributed by atoms with Crippen LogP contribution in [0.1, 0.15) is 20.3 Å². The number of carboxylic acid groups (broad SMARTS) is 1. The van der Waals surface area contributed by atoms with Crippen molar-refractivity contribution in [2.24, 2.45) is 5.92 Å². The number of halogens is 1. The van der Waals surface area contributed by atoms with Crippen LogP contribution < -0.4 is 10.3 Å². The Hall–Kier alpha value is -1.38. The number of nitrogens with one attached hydrogen (secondary N) is 2. The van der Waals surface area contributed by atoms with Crippen LogP contribution in [-0.2, 0) is 14.8 Å². The van der Waals surface area contributed by atoms with Gasteiger partial charge in [-0.15, -0.1) is 0 Å². The zero-order valence-electron chi connectivity index (χ0n) is 10.9. The van der Waals surface area contributed by atoms with Gasteiger partial charge in [-0.05, 0) is 18.4 Å². The summed E-state index contributed by atoms with van der Waals surface area (Å²) in [6.07, 6.45) is 1.11. The second kappa shape index (κ2) is 6.38. The molecule has 0 fully saturated rings. The molecule has 20 heavy (non-hydrogen) atoms. The van der Waals surface area contributed by atoms with Crippen LogP contribution in [0.25, 0.3) is 0 Å². The Morgan fingerprint density at radius 3 is 2.55 bits per heavy atom. The van der Waals surface area contributed by atoms with Crippen LogP contribution in [0, 0.1) is 5.92 Å². The van der Waals surface area contributed by atoms with E-state index in [1.807, 2.05) is 0 Å². The van der Waals surface area contributed by atoms with Crippen molar-refractivity contribution in [3.8, 4) is 0 Å². The van der Waals surface area contributed by atoms with Gasteiger partial charge >= 0.3 is 5.97 Å². The van der Waals surface area contributed by atoms with Crippen LogP contribution in [0.3, 0.4) is 0 Å². The van der Waals surface area contributed by atoms with Crippen molar-refractivity contribution in [2.45, 2.75) is 31.2 Å².